The van der Waals surface area contributed by atoms with E-state index in [9.17, 15) is 0 Å². The van der Waals surface area contributed by atoms with Crippen molar-refractivity contribution in [1.82, 2.24) is 9.55 Å². The summed E-state index contributed by atoms with van der Waals surface area (Å²) in [4.78, 5) is 9.62. The Labute approximate surface area is 420 Å². The third-order valence-electron chi connectivity index (χ3n) is 13.2. The third-order valence-corrected chi connectivity index (χ3v) is 13.2. The molecule has 0 aliphatic carbocycles. The number of aryl methyl sites for hydroxylation is 1. The van der Waals surface area contributed by atoms with Crippen molar-refractivity contribution in [3.8, 4) is 50.7 Å². The molecule has 0 spiro atoms. The van der Waals surface area contributed by atoms with Crippen molar-refractivity contribution in [2.24, 2.45) is 0 Å². The van der Waals surface area contributed by atoms with Crippen LogP contribution >= 0.6 is 0 Å². The van der Waals surface area contributed by atoms with E-state index in [1.165, 1.54) is 11.1 Å². The number of ether oxygens (including phenoxy) is 1. The van der Waals surface area contributed by atoms with E-state index < -0.39 is 0 Å². The van der Waals surface area contributed by atoms with E-state index >= 15 is 0 Å². The van der Waals surface area contributed by atoms with Gasteiger partial charge >= 0.3 is 0 Å². The maximum Gasteiger partial charge on any atom is 0.135 e. The predicted octanol–water partition coefficient (Wildman–Crippen LogP) is 16.9. The fourth-order valence-corrected chi connectivity index (χ4v) is 9.56. The first kappa shape index (κ1) is 45.6. The number of benzene rings is 8. The van der Waals surface area contributed by atoms with Crippen LogP contribution in [0.4, 0.5) is 22.7 Å². The summed E-state index contributed by atoms with van der Waals surface area (Å²) in [5, 5.41) is 2.21. The number of hydrogen-bond donors (Lipinski definition) is 0. The zero-order chi connectivity index (χ0) is 46.7. The first-order valence-corrected chi connectivity index (χ1v) is 23.4. The van der Waals surface area contributed by atoms with E-state index in [0.717, 1.165) is 89.3 Å². The van der Waals surface area contributed by atoms with Crippen LogP contribution in [0.2, 0.25) is 0 Å². The van der Waals surface area contributed by atoms with E-state index in [2.05, 4.69) is 245 Å². The van der Waals surface area contributed by atoms with Gasteiger partial charge < -0.3 is 19.1 Å². The van der Waals surface area contributed by atoms with Gasteiger partial charge in [0.2, 0.25) is 0 Å². The molecule has 69 heavy (non-hydrogen) atoms. The SMILES string of the molecule is Cc1cc(-n2c3[c-]c(Oc4[c-]c(N5[CH-]N(c6c(-c7ccccc7)cccc6-c6ccc(C(C)(C)C)cc6)c6ccccc65)ccc4)ccc3c3ccccc32)ncc1-c1ccc(C(C)(C)C)cc1.[Pt]. The maximum absolute atomic E-state index is 6.70. The molecule has 10 aromatic rings. The molecule has 0 atom stereocenters. The average molecular weight is 1080 g/mol. The molecule has 1 aliphatic heterocycles. The molecule has 0 radical (unpaired) electrons. The summed E-state index contributed by atoms with van der Waals surface area (Å²) in [6, 6.07) is 71.9. The largest absolute Gasteiger partial charge is 0.509 e. The Kier molecular flexibility index (Phi) is 11.9. The van der Waals surface area contributed by atoms with Gasteiger partial charge in [-0.3, -0.25) is 0 Å². The molecule has 11 rings (SSSR count). The second-order valence-electron chi connectivity index (χ2n) is 19.9. The van der Waals surface area contributed by atoms with E-state index in [-0.39, 0.29) is 31.9 Å². The minimum atomic E-state index is 0. The fraction of sp³-hybridized carbons (Fsp3) is 0.143. The van der Waals surface area contributed by atoms with Crippen LogP contribution in [-0.2, 0) is 31.9 Å². The molecule has 0 N–H and O–H groups in total. The number of aromatic nitrogens is 2. The molecule has 344 valence electrons. The molecule has 0 bridgehead atoms. The molecule has 0 saturated heterocycles. The number of rotatable bonds is 8. The zero-order valence-corrected chi connectivity index (χ0v) is 42.3. The molecule has 6 heteroatoms. The summed E-state index contributed by atoms with van der Waals surface area (Å²) >= 11 is 0. The minimum absolute atomic E-state index is 0. The van der Waals surface area contributed by atoms with Crippen LogP contribution in [0.5, 0.6) is 11.5 Å². The number of anilines is 4. The zero-order valence-electron chi connectivity index (χ0n) is 40.0. The topological polar surface area (TPSA) is 33.5 Å². The second kappa shape index (κ2) is 18.0. The molecule has 3 heterocycles. The Morgan fingerprint density at radius 2 is 1.07 bits per heavy atom. The van der Waals surface area contributed by atoms with Crippen molar-refractivity contribution in [3.63, 3.8) is 0 Å². The Morgan fingerprint density at radius 1 is 0.507 bits per heavy atom. The standard InChI is InChI=1S/C63H53N4O.Pt/c1-42-37-60(64-40-55(42)45-29-33-47(34-30-45)63(5,6)7)67-56-24-12-11-21-53(56)54-36-35-50(39-59(54)67)68-49-20-15-19-48(38-49)65-41-66(58-26-14-13-25-57(58)65)61-51(43-17-9-8-10-18-43)22-16-23-52(61)44-27-31-46(32-28-44)62(2,3)4;/h8-37,40-41H,1-7H3;/q-3;. The summed E-state index contributed by atoms with van der Waals surface area (Å²) in [5.41, 5.74) is 16.8. The van der Waals surface area contributed by atoms with Gasteiger partial charge in [-0.1, -0.05) is 174 Å². The first-order valence-electron chi connectivity index (χ1n) is 23.4. The Bertz CT molecular complexity index is 3490. The molecular weight excluding hydrogens is 1020 g/mol. The van der Waals surface area contributed by atoms with Crippen LogP contribution in [0.3, 0.4) is 0 Å². The molecule has 0 saturated carbocycles. The van der Waals surface area contributed by atoms with Gasteiger partial charge in [-0.25, -0.2) is 4.98 Å². The number of fused-ring (bicyclic) bond motifs is 4. The normalized spacial score (nSPS) is 12.6. The quantitative estimate of drug-likeness (QED) is 0.142. The fourth-order valence-electron chi connectivity index (χ4n) is 9.56. The Morgan fingerprint density at radius 3 is 1.72 bits per heavy atom. The Balaban J connectivity index is 0.00000553. The molecular formula is C63H53N4OPt-3. The van der Waals surface area contributed by atoms with E-state index in [1.54, 1.807) is 0 Å². The van der Waals surface area contributed by atoms with Crippen molar-refractivity contribution in [2.75, 3.05) is 9.80 Å². The summed E-state index contributed by atoms with van der Waals surface area (Å²) in [6.07, 6.45) is 2.00. The molecule has 1 aliphatic rings. The molecule has 0 fully saturated rings. The van der Waals surface area contributed by atoms with Gasteiger partial charge in [-0.15, -0.1) is 48.1 Å². The van der Waals surface area contributed by atoms with Crippen LogP contribution in [0.15, 0.2) is 188 Å². The van der Waals surface area contributed by atoms with Crippen molar-refractivity contribution < 1.29 is 25.8 Å². The monoisotopic (exact) mass is 1080 g/mol. The second-order valence-corrected chi connectivity index (χ2v) is 19.9. The van der Waals surface area contributed by atoms with Gasteiger partial charge in [0.1, 0.15) is 5.82 Å². The van der Waals surface area contributed by atoms with E-state index in [1.807, 2.05) is 24.4 Å². The van der Waals surface area contributed by atoms with Crippen molar-refractivity contribution in [3.05, 3.63) is 224 Å². The van der Waals surface area contributed by atoms with E-state index in [0.29, 0.717) is 11.5 Å². The molecule has 8 aromatic carbocycles. The average Bonchev–Trinajstić information content (AvgIpc) is 3.90. The number of pyridine rings is 1. The minimum Gasteiger partial charge on any atom is -0.509 e. The maximum atomic E-state index is 6.70. The molecule has 5 nitrogen and oxygen atoms in total. The van der Waals surface area contributed by atoms with Crippen molar-refractivity contribution in [1.29, 1.82) is 0 Å². The molecule has 2 aromatic heterocycles. The summed E-state index contributed by atoms with van der Waals surface area (Å²) < 4.78 is 8.89. The van der Waals surface area contributed by atoms with Gasteiger partial charge in [-0.2, -0.15) is 12.1 Å². The van der Waals surface area contributed by atoms with Gasteiger partial charge in [0.25, 0.3) is 0 Å². The molecule has 0 unspecified atom stereocenters. The summed E-state index contributed by atoms with van der Waals surface area (Å²) in [6.45, 7) is 17.9. The van der Waals surface area contributed by atoms with Crippen molar-refractivity contribution >= 4 is 44.6 Å². The van der Waals surface area contributed by atoms with Gasteiger partial charge in [0.15, 0.2) is 0 Å². The predicted molar refractivity (Wildman–Crippen MR) is 283 cm³/mol. The number of hydrogen-bond acceptors (Lipinski definition) is 4. The van der Waals surface area contributed by atoms with Crippen LogP contribution in [0.25, 0.3) is 61.0 Å². The van der Waals surface area contributed by atoms with Crippen LogP contribution < -0.4 is 14.5 Å². The van der Waals surface area contributed by atoms with Gasteiger partial charge in [0.05, 0.1) is 0 Å². The van der Waals surface area contributed by atoms with Gasteiger partial charge in [-0.05, 0) is 80.8 Å². The Hall–Kier alpha value is -7.20. The van der Waals surface area contributed by atoms with Crippen LogP contribution in [-0.4, -0.2) is 9.55 Å². The van der Waals surface area contributed by atoms with Gasteiger partial charge in [0, 0.05) is 78.0 Å². The van der Waals surface area contributed by atoms with Crippen LogP contribution in [0, 0.1) is 25.7 Å². The van der Waals surface area contributed by atoms with E-state index in [4.69, 9.17) is 9.72 Å². The summed E-state index contributed by atoms with van der Waals surface area (Å²) in [5.74, 6) is 2.01. The van der Waals surface area contributed by atoms with Crippen molar-refractivity contribution in [2.45, 2.75) is 59.3 Å². The number of nitrogens with zero attached hydrogens (tertiary/aromatic N) is 4. The first-order chi connectivity index (χ1) is 32.9. The third kappa shape index (κ3) is 8.55. The number of para-hydroxylation sites is 4. The van der Waals surface area contributed by atoms with Crippen LogP contribution in [0.1, 0.15) is 58.2 Å². The summed E-state index contributed by atoms with van der Waals surface area (Å²) in [7, 11) is 0. The smallest absolute Gasteiger partial charge is 0.135 e. The molecule has 0 amide bonds.